The highest BCUT2D eigenvalue weighted by Crippen LogP contribution is 1.89. The van der Waals surface area contributed by atoms with Gasteiger partial charge < -0.3 is 10.5 Å². The summed E-state index contributed by atoms with van der Waals surface area (Å²) in [4.78, 5) is 9.86. The predicted molar refractivity (Wildman–Crippen MR) is 33.9 cm³/mol. The molecule has 0 saturated carbocycles. The highest BCUT2D eigenvalue weighted by Gasteiger charge is 1.89. The van der Waals surface area contributed by atoms with Gasteiger partial charge in [-0.2, -0.15) is 11.8 Å². The standard InChI is InChI=1S/C4H9NO2S/c1-8-3-2-7-4(5)6/h2-3H2,1H3,(H2,5,6). The van der Waals surface area contributed by atoms with Crippen molar-refractivity contribution in [1.82, 2.24) is 0 Å². The molecule has 0 rings (SSSR count). The maximum atomic E-state index is 9.86. The van der Waals surface area contributed by atoms with E-state index in [-0.39, 0.29) is 0 Å². The van der Waals surface area contributed by atoms with Crippen LogP contribution in [0.25, 0.3) is 0 Å². The highest BCUT2D eigenvalue weighted by atomic mass is 32.2. The van der Waals surface area contributed by atoms with Gasteiger partial charge in [-0.05, 0) is 6.26 Å². The van der Waals surface area contributed by atoms with Crippen molar-refractivity contribution >= 4 is 17.9 Å². The van der Waals surface area contributed by atoms with Gasteiger partial charge in [0.15, 0.2) is 0 Å². The molecule has 0 aliphatic heterocycles. The molecule has 0 heterocycles. The number of hydrogen-bond acceptors (Lipinski definition) is 3. The summed E-state index contributed by atoms with van der Waals surface area (Å²) >= 11 is 1.61. The van der Waals surface area contributed by atoms with E-state index in [1.54, 1.807) is 11.8 Å². The molecule has 4 heteroatoms. The number of primary amides is 1. The van der Waals surface area contributed by atoms with Crippen LogP contribution in [0.15, 0.2) is 0 Å². The second-order valence-corrected chi connectivity index (χ2v) is 2.15. The molecule has 8 heavy (non-hydrogen) atoms. The zero-order valence-corrected chi connectivity index (χ0v) is 5.53. The third-order valence-electron chi connectivity index (χ3n) is 0.532. The first-order valence-corrected chi connectivity index (χ1v) is 3.58. The Balaban J connectivity index is 2.82. The first kappa shape index (κ1) is 7.62. The smallest absolute Gasteiger partial charge is 0.404 e. The lowest BCUT2D eigenvalue weighted by molar-refractivity contribution is 0.164. The normalized spacial score (nSPS) is 8.62. The lowest BCUT2D eigenvalue weighted by atomic mass is 10.8. The Morgan fingerprint density at radius 2 is 2.50 bits per heavy atom. The minimum Gasteiger partial charge on any atom is -0.449 e. The Morgan fingerprint density at radius 3 is 2.88 bits per heavy atom. The lowest BCUT2D eigenvalue weighted by Gasteiger charge is -1.95. The zero-order valence-electron chi connectivity index (χ0n) is 4.72. The predicted octanol–water partition coefficient (Wildman–Crippen LogP) is 0.445. The van der Waals surface area contributed by atoms with E-state index >= 15 is 0 Å². The van der Waals surface area contributed by atoms with Crippen molar-refractivity contribution in [2.24, 2.45) is 5.73 Å². The maximum absolute atomic E-state index is 9.86. The van der Waals surface area contributed by atoms with Crippen LogP contribution < -0.4 is 5.73 Å². The summed E-state index contributed by atoms with van der Waals surface area (Å²) in [6, 6.07) is 0. The molecule has 0 spiro atoms. The SMILES string of the molecule is CSCCOC(N)=O. The molecule has 0 aliphatic rings. The zero-order chi connectivity index (χ0) is 6.41. The van der Waals surface area contributed by atoms with Crippen molar-refractivity contribution in [2.45, 2.75) is 0 Å². The van der Waals surface area contributed by atoms with Gasteiger partial charge in [0.2, 0.25) is 0 Å². The van der Waals surface area contributed by atoms with E-state index in [2.05, 4.69) is 10.5 Å². The van der Waals surface area contributed by atoms with E-state index in [9.17, 15) is 4.79 Å². The van der Waals surface area contributed by atoms with Crippen LogP contribution in [0.5, 0.6) is 0 Å². The molecule has 0 saturated heterocycles. The van der Waals surface area contributed by atoms with E-state index < -0.39 is 6.09 Å². The van der Waals surface area contributed by atoms with Gasteiger partial charge in [-0.15, -0.1) is 0 Å². The average molecular weight is 135 g/mol. The first-order chi connectivity index (χ1) is 3.77. The molecule has 0 radical (unpaired) electrons. The van der Waals surface area contributed by atoms with Crippen LogP contribution >= 0.6 is 11.8 Å². The number of ether oxygens (including phenoxy) is 1. The Bertz CT molecular complexity index is 76.4. The fourth-order valence-corrected chi connectivity index (χ4v) is 0.476. The van der Waals surface area contributed by atoms with E-state index in [0.717, 1.165) is 5.75 Å². The lowest BCUT2D eigenvalue weighted by Crippen LogP contribution is -2.14. The third kappa shape index (κ3) is 5.62. The van der Waals surface area contributed by atoms with Gasteiger partial charge in [0.25, 0.3) is 0 Å². The minimum atomic E-state index is -0.695. The molecule has 0 unspecified atom stereocenters. The second-order valence-electron chi connectivity index (χ2n) is 1.16. The van der Waals surface area contributed by atoms with Crippen molar-refractivity contribution in [3.8, 4) is 0 Å². The second kappa shape index (κ2) is 4.77. The number of amides is 1. The summed E-state index contributed by atoms with van der Waals surface area (Å²) in [5, 5.41) is 0. The molecule has 2 N–H and O–H groups in total. The van der Waals surface area contributed by atoms with Crippen molar-refractivity contribution in [3.63, 3.8) is 0 Å². The molecule has 0 aromatic rings. The minimum absolute atomic E-state index is 0.413. The van der Waals surface area contributed by atoms with Gasteiger partial charge in [-0.1, -0.05) is 0 Å². The number of nitrogens with two attached hydrogens (primary N) is 1. The molecule has 0 bridgehead atoms. The summed E-state index contributed by atoms with van der Waals surface area (Å²) in [7, 11) is 0. The Morgan fingerprint density at radius 1 is 1.88 bits per heavy atom. The Kier molecular flexibility index (Phi) is 4.54. The van der Waals surface area contributed by atoms with Gasteiger partial charge in [-0.25, -0.2) is 4.79 Å². The van der Waals surface area contributed by atoms with Crippen molar-refractivity contribution in [1.29, 1.82) is 0 Å². The van der Waals surface area contributed by atoms with Gasteiger partial charge in [-0.3, -0.25) is 0 Å². The number of hydrogen-bond donors (Lipinski definition) is 1. The van der Waals surface area contributed by atoms with Gasteiger partial charge in [0.05, 0.1) is 0 Å². The van der Waals surface area contributed by atoms with Crippen molar-refractivity contribution in [2.75, 3.05) is 18.6 Å². The molecule has 0 aromatic carbocycles. The van der Waals surface area contributed by atoms with Crippen LogP contribution in [-0.2, 0) is 4.74 Å². The Labute approximate surface area is 52.6 Å². The summed E-state index contributed by atoms with van der Waals surface area (Å²) in [5.74, 6) is 0.808. The Hall–Kier alpha value is -0.380. The fraction of sp³-hybridized carbons (Fsp3) is 0.750. The van der Waals surface area contributed by atoms with Crippen LogP contribution in [-0.4, -0.2) is 24.7 Å². The molecule has 0 aromatic heterocycles. The average Bonchev–Trinajstić information content (AvgIpc) is 1.66. The van der Waals surface area contributed by atoms with Gasteiger partial charge in [0.1, 0.15) is 6.61 Å². The molecule has 0 aliphatic carbocycles. The molecular formula is C4H9NO2S. The fourth-order valence-electron chi connectivity index (χ4n) is 0.226. The summed E-state index contributed by atoms with van der Waals surface area (Å²) in [5.41, 5.74) is 4.66. The first-order valence-electron chi connectivity index (χ1n) is 2.18. The van der Waals surface area contributed by atoms with Crippen LogP contribution in [0.3, 0.4) is 0 Å². The van der Waals surface area contributed by atoms with Gasteiger partial charge in [0, 0.05) is 5.75 Å². The molecule has 1 amide bonds. The largest absolute Gasteiger partial charge is 0.449 e. The van der Waals surface area contributed by atoms with E-state index in [1.807, 2.05) is 6.26 Å². The van der Waals surface area contributed by atoms with Crippen molar-refractivity contribution in [3.05, 3.63) is 0 Å². The van der Waals surface area contributed by atoms with Crippen LogP contribution in [0.1, 0.15) is 0 Å². The summed E-state index contributed by atoms with van der Waals surface area (Å²) < 4.78 is 4.40. The van der Waals surface area contributed by atoms with E-state index in [4.69, 9.17) is 0 Å². The number of carbonyl (C=O) groups excluding carboxylic acids is 1. The summed E-state index contributed by atoms with van der Waals surface area (Å²) in [6.45, 7) is 0.413. The highest BCUT2D eigenvalue weighted by molar-refractivity contribution is 7.98. The monoisotopic (exact) mass is 135 g/mol. The molecule has 3 nitrogen and oxygen atoms in total. The molecular weight excluding hydrogens is 126 g/mol. The van der Waals surface area contributed by atoms with E-state index in [0.29, 0.717) is 6.61 Å². The molecule has 0 atom stereocenters. The maximum Gasteiger partial charge on any atom is 0.404 e. The van der Waals surface area contributed by atoms with E-state index in [1.165, 1.54) is 0 Å². The number of carbonyl (C=O) groups is 1. The summed E-state index contributed by atoms with van der Waals surface area (Å²) in [6.07, 6.45) is 1.24. The third-order valence-corrected chi connectivity index (χ3v) is 1.11. The van der Waals surface area contributed by atoms with Crippen LogP contribution in [0, 0.1) is 0 Å². The topological polar surface area (TPSA) is 52.3 Å². The molecule has 0 fully saturated rings. The quantitative estimate of drug-likeness (QED) is 0.571. The van der Waals surface area contributed by atoms with Crippen molar-refractivity contribution < 1.29 is 9.53 Å². The van der Waals surface area contributed by atoms with Crippen LogP contribution in [0.4, 0.5) is 4.79 Å². The number of rotatable bonds is 3. The molecule has 48 valence electrons. The number of thioether (sulfide) groups is 1. The van der Waals surface area contributed by atoms with Crippen LogP contribution in [0.2, 0.25) is 0 Å². The van der Waals surface area contributed by atoms with Gasteiger partial charge >= 0.3 is 6.09 Å².